The molecule has 0 radical (unpaired) electrons. The Balaban J connectivity index is 2.49. The predicted octanol–water partition coefficient (Wildman–Crippen LogP) is 1.99. The van der Waals surface area contributed by atoms with Gasteiger partial charge < -0.3 is 5.73 Å². The molecular weight excluding hydrogens is 286 g/mol. The van der Waals surface area contributed by atoms with Gasteiger partial charge in [0.25, 0.3) is 0 Å². The molecular formula is C13H18F2N2O2S. The lowest BCUT2D eigenvalue weighted by atomic mass is 10.2. The Kier molecular flexibility index (Phi) is 4.41. The van der Waals surface area contributed by atoms with Crippen LogP contribution in [0.5, 0.6) is 0 Å². The van der Waals surface area contributed by atoms with E-state index in [4.69, 9.17) is 5.73 Å². The molecule has 0 heterocycles. The van der Waals surface area contributed by atoms with Crippen molar-refractivity contribution < 1.29 is 17.2 Å². The van der Waals surface area contributed by atoms with Gasteiger partial charge in [0, 0.05) is 19.1 Å². The molecule has 2 rings (SSSR count). The minimum atomic E-state index is -4.02. The Hall–Kier alpha value is -1.05. The molecule has 1 fully saturated rings. The highest BCUT2D eigenvalue weighted by Crippen LogP contribution is 2.33. The fourth-order valence-corrected chi connectivity index (χ4v) is 4.03. The van der Waals surface area contributed by atoms with Crippen molar-refractivity contribution in [2.75, 3.05) is 6.54 Å². The summed E-state index contributed by atoms with van der Waals surface area (Å²) in [5.74, 6) is -2.51. The van der Waals surface area contributed by atoms with E-state index < -0.39 is 26.6 Å². The molecule has 4 nitrogen and oxygen atoms in total. The predicted molar refractivity (Wildman–Crippen MR) is 71.5 cm³/mol. The topological polar surface area (TPSA) is 63.4 Å². The van der Waals surface area contributed by atoms with E-state index in [1.54, 1.807) is 0 Å². The van der Waals surface area contributed by atoms with E-state index in [2.05, 4.69) is 0 Å². The minimum absolute atomic E-state index is 0.0447. The fourth-order valence-electron chi connectivity index (χ4n) is 2.13. The molecule has 112 valence electrons. The standard InChI is InChI=1S/C13H18F2N2O2S/c1-2-5-17(10-3-4-10)20(18,19)12-7-9(8-16)6-11(14)13(12)15/h6-7,10H,2-5,8,16H2,1H3. The Labute approximate surface area is 117 Å². The summed E-state index contributed by atoms with van der Waals surface area (Å²) in [6, 6.07) is 1.96. The molecule has 0 atom stereocenters. The van der Waals surface area contributed by atoms with Crippen LogP contribution in [0.3, 0.4) is 0 Å². The van der Waals surface area contributed by atoms with E-state index in [-0.39, 0.29) is 18.2 Å². The van der Waals surface area contributed by atoms with E-state index >= 15 is 0 Å². The Bertz CT molecular complexity index is 601. The summed E-state index contributed by atoms with van der Waals surface area (Å²) in [5.41, 5.74) is 5.65. The molecule has 20 heavy (non-hydrogen) atoms. The summed E-state index contributed by atoms with van der Waals surface area (Å²) in [6.45, 7) is 2.11. The normalized spacial score (nSPS) is 15.8. The van der Waals surface area contributed by atoms with Gasteiger partial charge in [-0.3, -0.25) is 0 Å². The van der Waals surface area contributed by atoms with Gasteiger partial charge in [-0.25, -0.2) is 17.2 Å². The largest absolute Gasteiger partial charge is 0.326 e. The highest BCUT2D eigenvalue weighted by Gasteiger charge is 2.39. The van der Waals surface area contributed by atoms with E-state index in [9.17, 15) is 17.2 Å². The van der Waals surface area contributed by atoms with Crippen molar-refractivity contribution in [2.24, 2.45) is 5.73 Å². The van der Waals surface area contributed by atoms with Gasteiger partial charge in [-0.1, -0.05) is 6.92 Å². The maximum absolute atomic E-state index is 13.9. The van der Waals surface area contributed by atoms with Crippen molar-refractivity contribution in [3.63, 3.8) is 0 Å². The Morgan fingerprint density at radius 1 is 1.35 bits per heavy atom. The molecule has 0 aromatic heterocycles. The zero-order chi connectivity index (χ0) is 14.9. The number of rotatable bonds is 6. The number of nitrogens with two attached hydrogens (primary N) is 1. The molecule has 1 saturated carbocycles. The van der Waals surface area contributed by atoms with Crippen LogP contribution >= 0.6 is 0 Å². The van der Waals surface area contributed by atoms with Crippen molar-refractivity contribution in [3.8, 4) is 0 Å². The number of halogens is 2. The average Bonchev–Trinajstić information content (AvgIpc) is 3.22. The zero-order valence-electron chi connectivity index (χ0n) is 11.3. The second-order valence-electron chi connectivity index (χ2n) is 4.94. The third-order valence-electron chi connectivity index (χ3n) is 3.28. The Morgan fingerprint density at radius 2 is 2.00 bits per heavy atom. The van der Waals surface area contributed by atoms with Crippen LogP contribution in [0.2, 0.25) is 0 Å². The fraction of sp³-hybridized carbons (Fsp3) is 0.538. The third-order valence-corrected chi connectivity index (χ3v) is 5.23. The smallest absolute Gasteiger partial charge is 0.246 e. The van der Waals surface area contributed by atoms with Crippen LogP contribution in [0.25, 0.3) is 0 Å². The molecule has 7 heteroatoms. The molecule has 0 unspecified atom stereocenters. The van der Waals surface area contributed by atoms with Crippen LogP contribution in [-0.2, 0) is 16.6 Å². The van der Waals surface area contributed by atoms with Gasteiger partial charge in [0.2, 0.25) is 10.0 Å². The van der Waals surface area contributed by atoms with Crippen LogP contribution in [0.15, 0.2) is 17.0 Å². The molecule has 0 spiro atoms. The molecule has 0 amide bonds. The van der Waals surface area contributed by atoms with E-state index in [0.717, 1.165) is 25.0 Å². The molecule has 1 aliphatic carbocycles. The number of hydrogen-bond donors (Lipinski definition) is 1. The van der Waals surface area contributed by atoms with E-state index in [1.807, 2.05) is 6.92 Å². The molecule has 0 bridgehead atoms. The monoisotopic (exact) mass is 304 g/mol. The highest BCUT2D eigenvalue weighted by atomic mass is 32.2. The summed E-state index contributed by atoms with van der Waals surface area (Å²) in [5, 5.41) is 0. The van der Waals surface area contributed by atoms with E-state index in [1.165, 1.54) is 4.31 Å². The first-order chi connectivity index (χ1) is 9.41. The lowest BCUT2D eigenvalue weighted by Crippen LogP contribution is -2.34. The summed E-state index contributed by atoms with van der Waals surface area (Å²) in [6.07, 6.45) is 2.15. The summed E-state index contributed by atoms with van der Waals surface area (Å²) >= 11 is 0. The molecule has 1 aliphatic rings. The van der Waals surface area contributed by atoms with Gasteiger partial charge in [-0.2, -0.15) is 4.31 Å². The maximum Gasteiger partial charge on any atom is 0.246 e. The van der Waals surface area contributed by atoms with Gasteiger partial charge >= 0.3 is 0 Å². The zero-order valence-corrected chi connectivity index (χ0v) is 12.1. The minimum Gasteiger partial charge on any atom is -0.326 e. The number of benzene rings is 1. The average molecular weight is 304 g/mol. The third kappa shape index (κ3) is 2.84. The van der Waals surface area contributed by atoms with Crippen LogP contribution < -0.4 is 5.73 Å². The summed E-state index contributed by atoms with van der Waals surface area (Å²) < 4.78 is 53.7. The van der Waals surface area contributed by atoms with Crippen molar-refractivity contribution in [1.82, 2.24) is 4.31 Å². The molecule has 1 aromatic carbocycles. The molecule has 1 aromatic rings. The lowest BCUT2D eigenvalue weighted by molar-refractivity contribution is 0.396. The molecule has 0 aliphatic heterocycles. The van der Waals surface area contributed by atoms with Gasteiger partial charge in [0.1, 0.15) is 4.90 Å². The number of nitrogens with zero attached hydrogens (tertiary/aromatic N) is 1. The Morgan fingerprint density at radius 3 is 2.50 bits per heavy atom. The summed E-state index contributed by atoms with van der Waals surface area (Å²) in [7, 11) is -4.02. The maximum atomic E-state index is 13.9. The van der Waals surface area contributed by atoms with Crippen LogP contribution in [0.1, 0.15) is 31.7 Å². The molecule has 0 saturated heterocycles. The first-order valence-electron chi connectivity index (χ1n) is 6.61. The first-order valence-corrected chi connectivity index (χ1v) is 8.05. The highest BCUT2D eigenvalue weighted by molar-refractivity contribution is 7.89. The van der Waals surface area contributed by atoms with Crippen LogP contribution in [0, 0.1) is 11.6 Å². The van der Waals surface area contributed by atoms with Crippen LogP contribution in [-0.4, -0.2) is 25.3 Å². The van der Waals surface area contributed by atoms with Crippen molar-refractivity contribution >= 4 is 10.0 Å². The quantitative estimate of drug-likeness (QED) is 0.874. The SMILES string of the molecule is CCCN(C1CC1)S(=O)(=O)c1cc(CN)cc(F)c1F. The van der Waals surface area contributed by atoms with Gasteiger partial charge in [0.15, 0.2) is 11.6 Å². The second-order valence-corrected chi connectivity index (χ2v) is 6.80. The van der Waals surface area contributed by atoms with Crippen molar-refractivity contribution in [2.45, 2.75) is 43.7 Å². The summed E-state index contributed by atoms with van der Waals surface area (Å²) in [4.78, 5) is -0.613. The van der Waals surface area contributed by atoms with Gasteiger partial charge in [0.05, 0.1) is 0 Å². The van der Waals surface area contributed by atoms with Gasteiger partial charge in [-0.05, 0) is 37.0 Å². The number of sulfonamides is 1. The van der Waals surface area contributed by atoms with Crippen LogP contribution in [0.4, 0.5) is 8.78 Å². The lowest BCUT2D eigenvalue weighted by Gasteiger charge is -2.22. The first kappa shape index (κ1) is 15.3. The van der Waals surface area contributed by atoms with Crippen molar-refractivity contribution in [3.05, 3.63) is 29.3 Å². The van der Waals surface area contributed by atoms with E-state index in [0.29, 0.717) is 13.0 Å². The van der Waals surface area contributed by atoms with Gasteiger partial charge in [-0.15, -0.1) is 0 Å². The second kappa shape index (κ2) is 5.75. The number of hydrogen-bond acceptors (Lipinski definition) is 3. The molecule has 2 N–H and O–H groups in total. The van der Waals surface area contributed by atoms with Crippen molar-refractivity contribution in [1.29, 1.82) is 0 Å².